The minimum absolute atomic E-state index is 0.204. The van der Waals surface area contributed by atoms with Crippen molar-refractivity contribution in [2.45, 2.75) is 20.3 Å². The standard InChI is InChI=1S/C27H22ClN5O2/c1-3-23-24(18-9-11-19(28)12-10-18)26-31-30-25(17(2)33(26)32-23)27(34)29-20-13-15-22(16-14-20)35-21-7-5-4-6-8-21/h4-16H,3H2,1-2H3,(H,29,34). The van der Waals surface area contributed by atoms with Gasteiger partial charge in [-0.1, -0.05) is 48.9 Å². The summed E-state index contributed by atoms with van der Waals surface area (Å²) < 4.78 is 7.49. The van der Waals surface area contributed by atoms with E-state index in [0.29, 0.717) is 34.2 Å². The van der Waals surface area contributed by atoms with Gasteiger partial charge in [0.15, 0.2) is 11.3 Å². The highest BCUT2D eigenvalue weighted by atomic mass is 35.5. The number of ether oxygens (including phenoxy) is 1. The molecule has 1 amide bonds. The highest BCUT2D eigenvalue weighted by Crippen LogP contribution is 2.30. The number of carbonyl (C=O) groups is 1. The van der Waals surface area contributed by atoms with Crippen molar-refractivity contribution in [1.82, 2.24) is 19.8 Å². The number of aromatic nitrogens is 4. The third-order valence-electron chi connectivity index (χ3n) is 5.61. The second kappa shape index (κ2) is 9.56. The van der Waals surface area contributed by atoms with E-state index < -0.39 is 0 Å². The second-order valence-electron chi connectivity index (χ2n) is 7.95. The van der Waals surface area contributed by atoms with Crippen LogP contribution in [0.15, 0.2) is 78.9 Å². The van der Waals surface area contributed by atoms with Gasteiger partial charge in [-0.05, 0) is 67.4 Å². The fourth-order valence-electron chi connectivity index (χ4n) is 3.84. The van der Waals surface area contributed by atoms with E-state index in [9.17, 15) is 4.79 Å². The quantitative estimate of drug-likeness (QED) is 0.304. The van der Waals surface area contributed by atoms with E-state index in [1.165, 1.54) is 0 Å². The van der Waals surface area contributed by atoms with Gasteiger partial charge in [-0.15, -0.1) is 10.2 Å². The molecule has 5 aromatic rings. The first-order chi connectivity index (χ1) is 17.0. The summed E-state index contributed by atoms with van der Waals surface area (Å²) in [5.41, 5.74) is 4.73. The molecule has 1 N–H and O–H groups in total. The molecule has 0 spiro atoms. The van der Waals surface area contributed by atoms with E-state index in [4.69, 9.17) is 21.4 Å². The van der Waals surface area contributed by atoms with Crippen LogP contribution in [-0.2, 0) is 6.42 Å². The average molecular weight is 484 g/mol. The maximum atomic E-state index is 13.0. The molecule has 0 bridgehead atoms. The molecule has 2 heterocycles. The molecule has 0 fully saturated rings. The monoisotopic (exact) mass is 483 g/mol. The third kappa shape index (κ3) is 4.58. The molecule has 0 saturated carbocycles. The number of nitrogens with one attached hydrogen (secondary N) is 1. The molecule has 8 heteroatoms. The number of amides is 1. The Balaban J connectivity index is 1.40. The summed E-state index contributed by atoms with van der Waals surface area (Å²) in [6, 6.07) is 24.2. The van der Waals surface area contributed by atoms with Crippen molar-refractivity contribution in [3.63, 3.8) is 0 Å². The Morgan fingerprint density at radius 1 is 0.943 bits per heavy atom. The molecule has 3 aromatic carbocycles. The highest BCUT2D eigenvalue weighted by Gasteiger charge is 2.21. The minimum atomic E-state index is -0.366. The van der Waals surface area contributed by atoms with Gasteiger partial charge in [-0.3, -0.25) is 4.79 Å². The molecule has 0 saturated heterocycles. The Hall–Kier alpha value is -4.23. The van der Waals surface area contributed by atoms with Crippen LogP contribution in [-0.4, -0.2) is 25.7 Å². The van der Waals surface area contributed by atoms with Crippen molar-refractivity contribution in [2.75, 3.05) is 5.32 Å². The van der Waals surface area contributed by atoms with Crippen molar-refractivity contribution < 1.29 is 9.53 Å². The predicted octanol–water partition coefficient (Wildman–Crippen LogP) is 6.36. The van der Waals surface area contributed by atoms with E-state index >= 15 is 0 Å². The predicted molar refractivity (Wildman–Crippen MR) is 136 cm³/mol. The first kappa shape index (κ1) is 22.6. The zero-order valence-electron chi connectivity index (χ0n) is 19.2. The van der Waals surface area contributed by atoms with Crippen LogP contribution in [0.25, 0.3) is 16.8 Å². The SMILES string of the molecule is CCc1nn2c(C)c(C(=O)Nc3ccc(Oc4ccccc4)cc3)nnc2c1-c1ccc(Cl)cc1. The molecular weight excluding hydrogens is 462 g/mol. The Kier molecular flexibility index (Phi) is 6.16. The van der Waals surface area contributed by atoms with Crippen LogP contribution in [0.5, 0.6) is 11.5 Å². The summed E-state index contributed by atoms with van der Waals surface area (Å²) in [7, 11) is 0. The fourth-order valence-corrected chi connectivity index (χ4v) is 3.97. The lowest BCUT2D eigenvalue weighted by Crippen LogP contribution is -2.18. The highest BCUT2D eigenvalue weighted by molar-refractivity contribution is 6.30. The number of aryl methyl sites for hydroxylation is 2. The van der Waals surface area contributed by atoms with Crippen LogP contribution < -0.4 is 10.1 Å². The fraction of sp³-hybridized carbons (Fsp3) is 0.111. The molecule has 5 rings (SSSR count). The smallest absolute Gasteiger partial charge is 0.278 e. The summed E-state index contributed by atoms with van der Waals surface area (Å²) >= 11 is 6.06. The van der Waals surface area contributed by atoms with Crippen LogP contribution >= 0.6 is 11.6 Å². The van der Waals surface area contributed by atoms with Gasteiger partial charge >= 0.3 is 0 Å². The van der Waals surface area contributed by atoms with Gasteiger partial charge in [0.1, 0.15) is 11.5 Å². The maximum Gasteiger partial charge on any atom is 0.278 e. The van der Waals surface area contributed by atoms with Crippen molar-refractivity contribution >= 4 is 28.8 Å². The van der Waals surface area contributed by atoms with E-state index in [-0.39, 0.29) is 11.6 Å². The van der Waals surface area contributed by atoms with Crippen LogP contribution in [0, 0.1) is 6.92 Å². The first-order valence-corrected chi connectivity index (χ1v) is 11.6. The van der Waals surface area contributed by atoms with Crippen LogP contribution in [0.2, 0.25) is 5.02 Å². The molecule has 0 radical (unpaired) electrons. The Labute approximate surface area is 207 Å². The number of hydrogen-bond acceptors (Lipinski definition) is 5. The van der Waals surface area contributed by atoms with E-state index in [1.54, 1.807) is 28.8 Å². The van der Waals surface area contributed by atoms with Gasteiger partial charge in [0.05, 0.1) is 17.0 Å². The first-order valence-electron chi connectivity index (χ1n) is 11.2. The Bertz CT molecular complexity index is 1500. The topological polar surface area (TPSA) is 81.4 Å². The number of fused-ring (bicyclic) bond motifs is 1. The summed E-state index contributed by atoms with van der Waals surface area (Å²) in [6.07, 6.45) is 0.708. The molecule has 0 aliphatic carbocycles. The van der Waals surface area contributed by atoms with Crippen LogP contribution in [0.3, 0.4) is 0 Å². The Morgan fingerprint density at radius 3 is 2.31 bits per heavy atom. The molecule has 0 unspecified atom stereocenters. The van der Waals surface area contributed by atoms with Crippen molar-refractivity contribution in [3.05, 3.63) is 101 Å². The maximum absolute atomic E-state index is 13.0. The largest absolute Gasteiger partial charge is 0.457 e. The number of benzene rings is 3. The van der Waals surface area contributed by atoms with Gasteiger partial charge in [0.25, 0.3) is 5.91 Å². The molecule has 0 atom stereocenters. The number of nitrogens with zero attached hydrogens (tertiary/aromatic N) is 4. The van der Waals surface area contributed by atoms with Crippen molar-refractivity contribution in [2.24, 2.45) is 0 Å². The number of rotatable bonds is 6. The molecule has 35 heavy (non-hydrogen) atoms. The molecule has 174 valence electrons. The number of halogens is 1. The molecule has 7 nitrogen and oxygen atoms in total. The lowest BCUT2D eigenvalue weighted by molar-refractivity contribution is 0.102. The normalized spacial score (nSPS) is 10.9. The number of hydrogen-bond donors (Lipinski definition) is 1. The lowest BCUT2D eigenvalue weighted by Gasteiger charge is -2.09. The summed E-state index contributed by atoms with van der Waals surface area (Å²) in [4.78, 5) is 13.0. The molecule has 0 aliphatic heterocycles. The van der Waals surface area contributed by atoms with Crippen molar-refractivity contribution in [3.8, 4) is 22.6 Å². The van der Waals surface area contributed by atoms with Gasteiger partial charge in [-0.25, -0.2) is 4.52 Å². The number of anilines is 1. The second-order valence-corrected chi connectivity index (χ2v) is 8.38. The van der Waals surface area contributed by atoms with Gasteiger partial charge in [0.2, 0.25) is 0 Å². The number of carbonyl (C=O) groups excluding carboxylic acids is 1. The van der Waals surface area contributed by atoms with Crippen LogP contribution in [0.1, 0.15) is 28.8 Å². The van der Waals surface area contributed by atoms with E-state index in [0.717, 1.165) is 22.6 Å². The van der Waals surface area contributed by atoms with E-state index in [2.05, 4.69) is 15.5 Å². The minimum Gasteiger partial charge on any atom is -0.457 e. The van der Waals surface area contributed by atoms with Gasteiger partial charge in [0, 0.05) is 10.7 Å². The lowest BCUT2D eigenvalue weighted by atomic mass is 10.0. The Morgan fingerprint density at radius 2 is 1.63 bits per heavy atom. The molecule has 0 aliphatic rings. The third-order valence-corrected chi connectivity index (χ3v) is 5.86. The summed E-state index contributed by atoms with van der Waals surface area (Å²) in [5.74, 6) is 1.05. The van der Waals surface area contributed by atoms with Crippen molar-refractivity contribution in [1.29, 1.82) is 0 Å². The summed E-state index contributed by atoms with van der Waals surface area (Å²) in [6.45, 7) is 3.84. The number of para-hydroxylation sites is 1. The average Bonchev–Trinajstić information content (AvgIpc) is 3.26. The zero-order valence-corrected chi connectivity index (χ0v) is 20.0. The van der Waals surface area contributed by atoms with Gasteiger partial charge in [-0.2, -0.15) is 5.10 Å². The zero-order chi connectivity index (χ0) is 24.4. The van der Waals surface area contributed by atoms with Gasteiger partial charge < -0.3 is 10.1 Å². The van der Waals surface area contributed by atoms with Crippen LogP contribution in [0.4, 0.5) is 5.69 Å². The molecule has 2 aromatic heterocycles. The van der Waals surface area contributed by atoms with E-state index in [1.807, 2.05) is 68.4 Å². The summed E-state index contributed by atoms with van der Waals surface area (Å²) in [5, 5.41) is 16.9. The molecular formula is C27H22ClN5O2.